The Bertz CT molecular complexity index is 745. The van der Waals surface area contributed by atoms with Crippen LogP contribution in [0.25, 0.3) is 0 Å². The molecule has 1 N–H and O–H groups in total. The van der Waals surface area contributed by atoms with E-state index in [9.17, 15) is 4.79 Å². The second-order valence-electron chi connectivity index (χ2n) is 7.78. The molecule has 1 saturated carbocycles. The normalized spacial score (nSPS) is 20.6. The molecule has 2 aromatic rings. The van der Waals surface area contributed by atoms with Crippen LogP contribution in [-0.4, -0.2) is 30.4 Å². The van der Waals surface area contributed by atoms with Crippen LogP contribution in [0.5, 0.6) is 0 Å². The van der Waals surface area contributed by atoms with E-state index in [2.05, 4.69) is 10.2 Å². The number of benzene rings is 1. The van der Waals surface area contributed by atoms with Crippen molar-refractivity contribution >= 4 is 17.5 Å². The highest BCUT2D eigenvalue weighted by atomic mass is 35.5. The Hall–Kier alpha value is -1.78. The van der Waals surface area contributed by atoms with Gasteiger partial charge < -0.3 is 9.73 Å². The summed E-state index contributed by atoms with van der Waals surface area (Å²) in [5, 5.41) is 3.98. The third-order valence-electron chi connectivity index (χ3n) is 6.20. The van der Waals surface area contributed by atoms with Crippen molar-refractivity contribution < 1.29 is 9.21 Å². The zero-order chi connectivity index (χ0) is 18.7. The van der Waals surface area contributed by atoms with Crippen LogP contribution in [0.1, 0.15) is 55.9 Å². The van der Waals surface area contributed by atoms with Gasteiger partial charge in [-0.3, -0.25) is 9.69 Å². The Morgan fingerprint density at radius 1 is 1.11 bits per heavy atom. The number of nitrogens with zero attached hydrogens (tertiary/aromatic N) is 1. The van der Waals surface area contributed by atoms with Gasteiger partial charge in [0.05, 0.1) is 17.7 Å². The van der Waals surface area contributed by atoms with Crippen molar-refractivity contribution in [2.75, 3.05) is 19.6 Å². The summed E-state index contributed by atoms with van der Waals surface area (Å²) in [4.78, 5) is 15.8. The number of nitrogens with one attached hydrogen (secondary N) is 1. The third-order valence-corrected chi connectivity index (χ3v) is 6.45. The van der Waals surface area contributed by atoms with E-state index in [0.717, 1.165) is 50.1 Å². The van der Waals surface area contributed by atoms with Gasteiger partial charge in [-0.15, -0.1) is 0 Å². The number of amides is 1. The average Bonchev–Trinajstić information content (AvgIpc) is 3.45. The molecule has 4 nitrogen and oxygen atoms in total. The van der Waals surface area contributed by atoms with E-state index in [4.69, 9.17) is 16.0 Å². The van der Waals surface area contributed by atoms with Crippen LogP contribution >= 0.6 is 11.6 Å². The van der Waals surface area contributed by atoms with Crippen molar-refractivity contribution in [3.8, 4) is 0 Å². The van der Waals surface area contributed by atoms with Gasteiger partial charge in [0.15, 0.2) is 0 Å². The van der Waals surface area contributed by atoms with Gasteiger partial charge in [0, 0.05) is 11.6 Å². The van der Waals surface area contributed by atoms with E-state index >= 15 is 0 Å². The lowest BCUT2D eigenvalue weighted by Gasteiger charge is -2.31. The van der Waals surface area contributed by atoms with E-state index in [1.165, 1.54) is 12.8 Å². The summed E-state index contributed by atoms with van der Waals surface area (Å²) >= 11 is 6.06. The van der Waals surface area contributed by atoms with Gasteiger partial charge in [-0.25, -0.2) is 0 Å². The smallest absolute Gasteiger partial charge is 0.230 e. The Morgan fingerprint density at radius 3 is 2.44 bits per heavy atom. The maximum atomic E-state index is 13.3. The lowest BCUT2D eigenvalue weighted by Crippen LogP contribution is -2.45. The summed E-state index contributed by atoms with van der Waals surface area (Å²) in [5.74, 6) is 1.07. The van der Waals surface area contributed by atoms with Crippen molar-refractivity contribution in [2.24, 2.45) is 0 Å². The zero-order valence-corrected chi connectivity index (χ0v) is 16.4. The van der Waals surface area contributed by atoms with E-state index in [1.807, 2.05) is 36.4 Å². The molecule has 1 aliphatic heterocycles. The Labute approximate surface area is 165 Å². The van der Waals surface area contributed by atoms with Gasteiger partial charge in [0.25, 0.3) is 0 Å². The highest BCUT2D eigenvalue weighted by Gasteiger charge is 2.43. The average molecular weight is 387 g/mol. The van der Waals surface area contributed by atoms with Crippen LogP contribution < -0.4 is 5.32 Å². The van der Waals surface area contributed by atoms with Gasteiger partial charge in [-0.05, 0) is 68.6 Å². The van der Waals surface area contributed by atoms with Crippen molar-refractivity contribution in [1.82, 2.24) is 10.2 Å². The second-order valence-corrected chi connectivity index (χ2v) is 8.22. The summed E-state index contributed by atoms with van der Waals surface area (Å²) in [6.45, 7) is 2.70. The van der Waals surface area contributed by atoms with Crippen LogP contribution in [0.15, 0.2) is 47.1 Å². The summed E-state index contributed by atoms with van der Waals surface area (Å²) in [7, 11) is 0. The molecule has 0 radical (unpaired) electrons. The highest BCUT2D eigenvalue weighted by Crippen LogP contribution is 2.42. The number of carbonyl (C=O) groups is 1. The van der Waals surface area contributed by atoms with E-state index < -0.39 is 5.41 Å². The monoisotopic (exact) mass is 386 g/mol. The van der Waals surface area contributed by atoms with Crippen molar-refractivity contribution in [1.29, 1.82) is 0 Å². The first-order valence-corrected chi connectivity index (χ1v) is 10.4. The molecule has 0 spiro atoms. The minimum absolute atomic E-state index is 0.107. The number of hydrogen-bond acceptors (Lipinski definition) is 3. The first-order valence-electron chi connectivity index (χ1n) is 10.0. The zero-order valence-electron chi connectivity index (χ0n) is 15.6. The Morgan fingerprint density at radius 2 is 1.81 bits per heavy atom. The fourth-order valence-corrected chi connectivity index (χ4v) is 4.82. The van der Waals surface area contributed by atoms with Crippen molar-refractivity contribution in [3.05, 3.63) is 59.0 Å². The SMILES string of the molecule is O=C(NCC(c1ccco1)N1CCCC1)C1(c2ccc(Cl)cc2)CCCC1. The lowest BCUT2D eigenvalue weighted by atomic mass is 9.78. The highest BCUT2D eigenvalue weighted by molar-refractivity contribution is 6.30. The summed E-state index contributed by atoms with van der Waals surface area (Å²) in [5.41, 5.74) is 0.654. The molecule has 1 atom stereocenters. The quantitative estimate of drug-likeness (QED) is 0.782. The molecule has 144 valence electrons. The molecular weight excluding hydrogens is 360 g/mol. The van der Waals surface area contributed by atoms with Gasteiger partial charge in [-0.1, -0.05) is 36.6 Å². The molecule has 1 saturated heterocycles. The summed E-state index contributed by atoms with van der Waals surface area (Å²) in [6, 6.07) is 11.8. The molecular formula is C22H27ClN2O2. The van der Waals surface area contributed by atoms with Gasteiger partial charge in [-0.2, -0.15) is 0 Å². The maximum Gasteiger partial charge on any atom is 0.230 e. The molecule has 1 unspecified atom stereocenters. The van der Waals surface area contributed by atoms with Gasteiger partial charge in [0.2, 0.25) is 5.91 Å². The molecule has 1 aliphatic carbocycles. The fraction of sp³-hybridized carbons (Fsp3) is 0.500. The molecule has 2 fully saturated rings. The third kappa shape index (κ3) is 3.78. The number of halogens is 1. The Kier molecular flexibility index (Phi) is 5.55. The van der Waals surface area contributed by atoms with Gasteiger partial charge >= 0.3 is 0 Å². The van der Waals surface area contributed by atoms with E-state index in [-0.39, 0.29) is 11.9 Å². The number of hydrogen-bond donors (Lipinski definition) is 1. The van der Waals surface area contributed by atoms with E-state index in [0.29, 0.717) is 11.6 Å². The topological polar surface area (TPSA) is 45.5 Å². The maximum absolute atomic E-state index is 13.3. The lowest BCUT2D eigenvalue weighted by molar-refractivity contribution is -0.127. The van der Waals surface area contributed by atoms with Crippen LogP contribution in [0.2, 0.25) is 5.02 Å². The van der Waals surface area contributed by atoms with Crippen LogP contribution in [0.3, 0.4) is 0 Å². The Balaban J connectivity index is 1.51. The molecule has 1 amide bonds. The van der Waals surface area contributed by atoms with Crippen LogP contribution in [0, 0.1) is 0 Å². The van der Waals surface area contributed by atoms with Crippen LogP contribution in [0.4, 0.5) is 0 Å². The minimum atomic E-state index is -0.427. The molecule has 1 aromatic carbocycles. The fourth-order valence-electron chi connectivity index (χ4n) is 4.70. The number of furan rings is 1. The minimum Gasteiger partial charge on any atom is -0.468 e. The predicted octanol–water partition coefficient (Wildman–Crippen LogP) is 4.70. The van der Waals surface area contributed by atoms with Crippen LogP contribution in [-0.2, 0) is 10.2 Å². The number of likely N-dealkylation sites (tertiary alicyclic amines) is 1. The number of rotatable bonds is 6. The second kappa shape index (κ2) is 8.07. The van der Waals surface area contributed by atoms with Crippen molar-refractivity contribution in [2.45, 2.75) is 50.0 Å². The van der Waals surface area contributed by atoms with E-state index in [1.54, 1.807) is 6.26 Å². The molecule has 2 heterocycles. The molecule has 27 heavy (non-hydrogen) atoms. The predicted molar refractivity (Wildman–Crippen MR) is 107 cm³/mol. The molecule has 0 bridgehead atoms. The first-order chi connectivity index (χ1) is 13.2. The summed E-state index contributed by atoms with van der Waals surface area (Å²) in [6.07, 6.45) is 8.10. The van der Waals surface area contributed by atoms with Crippen molar-refractivity contribution in [3.63, 3.8) is 0 Å². The first kappa shape index (κ1) is 18.6. The largest absolute Gasteiger partial charge is 0.468 e. The molecule has 4 rings (SSSR count). The number of carbonyl (C=O) groups excluding carboxylic acids is 1. The molecule has 5 heteroatoms. The summed E-state index contributed by atoms with van der Waals surface area (Å²) < 4.78 is 5.68. The molecule has 1 aromatic heterocycles. The standard InChI is InChI=1S/C22H27ClN2O2/c23-18-9-7-17(8-10-18)22(11-1-2-12-22)21(26)24-16-19(20-6-5-15-27-20)25-13-3-4-14-25/h5-10,15,19H,1-4,11-14,16H2,(H,24,26). The van der Waals surface area contributed by atoms with Gasteiger partial charge in [0.1, 0.15) is 5.76 Å². The molecule has 2 aliphatic rings.